The molecule has 0 saturated heterocycles. The number of hydrogen-bond acceptors (Lipinski definition) is 4. The number of fused-ring (bicyclic) bond motifs is 3. The number of amides is 1. The number of carbonyl (C=O) groups excluding carboxylic acids is 1. The molecular formula is C23H25ClFNO4. The van der Waals surface area contributed by atoms with Gasteiger partial charge in [-0.2, -0.15) is 0 Å². The van der Waals surface area contributed by atoms with Crippen LogP contribution in [0.4, 0.5) is 4.39 Å². The molecular weight excluding hydrogens is 409 g/mol. The minimum Gasteiger partial charge on any atom is -0.484 e. The standard InChI is InChI=1S/C23H25ClFNO4/c24-18-7-6-17(12-19(18)25)29-15-21(28)26-23-10-8-22(9-11-23,13-20(23)27)30-14-16-4-2-1-3-5-16/h1-7,12,20,27H,8-11,13-15H2,(H,26,28). The van der Waals surface area contributed by atoms with Crippen molar-refractivity contribution in [2.45, 2.75) is 56.0 Å². The molecule has 3 aliphatic rings. The Morgan fingerprint density at radius 3 is 2.57 bits per heavy atom. The number of nitrogens with one attached hydrogen (secondary N) is 1. The molecule has 30 heavy (non-hydrogen) atoms. The Hall–Kier alpha value is -2.15. The summed E-state index contributed by atoms with van der Waals surface area (Å²) < 4.78 is 25.1. The van der Waals surface area contributed by atoms with Crippen molar-refractivity contribution in [2.75, 3.05) is 6.61 Å². The third-order valence-electron chi connectivity index (χ3n) is 6.29. The van der Waals surface area contributed by atoms with Gasteiger partial charge in [0.2, 0.25) is 0 Å². The van der Waals surface area contributed by atoms with Gasteiger partial charge in [0.15, 0.2) is 6.61 Å². The van der Waals surface area contributed by atoms with Crippen molar-refractivity contribution in [1.82, 2.24) is 5.32 Å². The van der Waals surface area contributed by atoms with Gasteiger partial charge in [-0.1, -0.05) is 41.9 Å². The van der Waals surface area contributed by atoms with Gasteiger partial charge in [0.05, 0.1) is 28.9 Å². The van der Waals surface area contributed by atoms with E-state index in [1.165, 1.54) is 12.1 Å². The summed E-state index contributed by atoms with van der Waals surface area (Å²) in [6.07, 6.45) is 2.64. The zero-order chi connectivity index (χ0) is 21.2. The van der Waals surface area contributed by atoms with Crippen molar-refractivity contribution in [3.05, 3.63) is 64.9 Å². The number of rotatable bonds is 7. The molecule has 0 spiro atoms. The zero-order valence-electron chi connectivity index (χ0n) is 16.6. The maximum absolute atomic E-state index is 13.5. The van der Waals surface area contributed by atoms with Gasteiger partial charge in [0.1, 0.15) is 11.6 Å². The van der Waals surface area contributed by atoms with Crippen LogP contribution < -0.4 is 10.1 Å². The van der Waals surface area contributed by atoms with E-state index in [0.717, 1.165) is 24.5 Å². The van der Waals surface area contributed by atoms with Gasteiger partial charge in [-0.25, -0.2) is 4.39 Å². The van der Waals surface area contributed by atoms with Crippen LogP contribution in [0.15, 0.2) is 48.5 Å². The number of aliphatic hydroxyl groups excluding tert-OH is 1. The third-order valence-corrected chi connectivity index (χ3v) is 6.60. The van der Waals surface area contributed by atoms with Crippen molar-refractivity contribution in [2.24, 2.45) is 0 Å². The fourth-order valence-corrected chi connectivity index (χ4v) is 4.61. The van der Waals surface area contributed by atoms with Crippen molar-refractivity contribution >= 4 is 17.5 Å². The van der Waals surface area contributed by atoms with E-state index in [4.69, 9.17) is 21.1 Å². The quantitative estimate of drug-likeness (QED) is 0.692. The Balaban J connectivity index is 1.31. The lowest BCUT2D eigenvalue weighted by molar-refractivity contribution is -0.176. The molecule has 2 N–H and O–H groups in total. The molecule has 2 aromatic rings. The monoisotopic (exact) mass is 433 g/mol. The van der Waals surface area contributed by atoms with Crippen LogP contribution in [-0.2, 0) is 16.1 Å². The van der Waals surface area contributed by atoms with Gasteiger partial charge in [-0.15, -0.1) is 0 Å². The second kappa shape index (κ2) is 8.53. The summed E-state index contributed by atoms with van der Waals surface area (Å²) in [4.78, 5) is 12.5. The number of benzene rings is 2. The molecule has 0 aromatic heterocycles. The highest BCUT2D eigenvalue weighted by Gasteiger charge is 2.55. The normalized spacial score (nSPS) is 27.6. The lowest BCUT2D eigenvalue weighted by Crippen LogP contribution is -2.67. The van der Waals surface area contributed by atoms with Crippen LogP contribution in [0.1, 0.15) is 37.7 Å². The second-order valence-electron chi connectivity index (χ2n) is 8.25. The summed E-state index contributed by atoms with van der Waals surface area (Å²) >= 11 is 5.65. The highest BCUT2D eigenvalue weighted by atomic mass is 35.5. The van der Waals surface area contributed by atoms with E-state index in [9.17, 15) is 14.3 Å². The van der Waals surface area contributed by atoms with Crippen molar-refractivity contribution in [3.8, 4) is 5.75 Å². The maximum atomic E-state index is 13.5. The Labute approximate surface area is 180 Å². The minimum atomic E-state index is -0.687. The van der Waals surface area contributed by atoms with E-state index in [0.29, 0.717) is 25.9 Å². The zero-order valence-corrected chi connectivity index (χ0v) is 17.3. The van der Waals surface area contributed by atoms with Crippen LogP contribution >= 0.6 is 11.6 Å². The van der Waals surface area contributed by atoms with Crippen molar-refractivity contribution in [3.63, 3.8) is 0 Å². The minimum absolute atomic E-state index is 0.00353. The first-order valence-corrected chi connectivity index (χ1v) is 10.5. The fourth-order valence-electron chi connectivity index (χ4n) is 4.49. The Bertz CT molecular complexity index is 899. The molecule has 7 heteroatoms. The van der Waals surface area contributed by atoms with Crippen LogP contribution in [0.5, 0.6) is 5.75 Å². The number of aliphatic hydroxyl groups is 1. The second-order valence-corrected chi connectivity index (χ2v) is 8.65. The predicted molar refractivity (Wildman–Crippen MR) is 111 cm³/mol. The molecule has 3 fully saturated rings. The van der Waals surface area contributed by atoms with E-state index >= 15 is 0 Å². The highest BCUT2D eigenvalue weighted by Crippen LogP contribution is 2.49. The first-order chi connectivity index (χ1) is 14.4. The van der Waals surface area contributed by atoms with Crippen LogP contribution in [0.3, 0.4) is 0 Å². The fraction of sp³-hybridized carbons (Fsp3) is 0.435. The summed E-state index contributed by atoms with van der Waals surface area (Å²) in [5.74, 6) is -0.718. The lowest BCUT2D eigenvalue weighted by Gasteiger charge is -2.55. The summed E-state index contributed by atoms with van der Waals surface area (Å²) in [6, 6.07) is 14.0. The van der Waals surface area contributed by atoms with E-state index in [1.807, 2.05) is 30.3 Å². The molecule has 5 rings (SSSR count). The van der Waals surface area contributed by atoms with Crippen molar-refractivity contribution < 1.29 is 23.8 Å². The van der Waals surface area contributed by atoms with Crippen LogP contribution in [0.25, 0.3) is 0 Å². The van der Waals surface area contributed by atoms with E-state index in [1.54, 1.807) is 0 Å². The summed E-state index contributed by atoms with van der Waals surface area (Å²) in [5.41, 5.74) is 0.0932. The van der Waals surface area contributed by atoms with Gasteiger partial charge in [0, 0.05) is 12.5 Å². The van der Waals surface area contributed by atoms with Gasteiger partial charge in [0.25, 0.3) is 5.91 Å². The van der Waals surface area contributed by atoms with Gasteiger partial charge < -0.3 is 19.9 Å². The molecule has 0 heterocycles. The largest absolute Gasteiger partial charge is 0.484 e. The molecule has 160 valence electrons. The number of carbonyl (C=O) groups is 1. The predicted octanol–water partition coefficient (Wildman–Crippen LogP) is 4.01. The topological polar surface area (TPSA) is 67.8 Å². The SMILES string of the molecule is O=C(COc1ccc(Cl)c(F)c1)NC12CCC(OCc3ccccc3)(CC1)CC2O. The Kier molecular flexibility index (Phi) is 6.00. The Morgan fingerprint density at radius 1 is 1.17 bits per heavy atom. The first-order valence-electron chi connectivity index (χ1n) is 10.1. The van der Waals surface area contributed by atoms with Gasteiger partial charge in [-0.3, -0.25) is 4.79 Å². The lowest BCUT2D eigenvalue weighted by atomic mass is 9.61. The smallest absolute Gasteiger partial charge is 0.258 e. The molecule has 1 atom stereocenters. The average molecular weight is 434 g/mol. The molecule has 1 unspecified atom stereocenters. The van der Waals surface area contributed by atoms with Gasteiger partial charge >= 0.3 is 0 Å². The van der Waals surface area contributed by atoms with Gasteiger partial charge in [-0.05, 0) is 43.4 Å². The third kappa shape index (κ3) is 4.46. The molecule has 5 nitrogen and oxygen atoms in total. The number of ether oxygens (including phenoxy) is 2. The van der Waals surface area contributed by atoms with Crippen molar-refractivity contribution in [1.29, 1.82) is 0 Å². The molecule has 0 aliphatic heterocycles. The average Bonchev–Trinajstić information content (AvgIpc) is 2.75. The van der Waals surface area contributed by atoms with E-state index in [-0.39, 0.29) is 28.9 Å². The van der Waals surface area contributed by atoms with E-state index in [2.05, 4.69) is 5.32 Å². The van der Waals surface area contributed by atoms with E-state index < -0.39 is 17.5 Å². The van der Waals surface area contributed by atoms with Crippen LogP contribution in [-0.4, -0.2) is 34.9 Å². The van der Waals surface area contributed by atoms with Crippen LogP contribution in [0.2, 0.25) is 5.02 Å². The molecule has 0 radical (unpaired) electrons. The summed E-state index contributed by atoms with van der Waals surface area (Å²) in [6.45, 7) is 0.254. The Morgan fingerprint density at radius 2 is 1.90 bits per heavy atom. The molecule has 3 aliphatic carbocycles. The summed E-state index contributed by atoms with van der Waals surface area (Å²) in [5, 5.41) is 13.8. The molecule has 1 amide bonds. The summed E-state index contributed by atoms with van der Waals surface area (Å²) in [7, 11) is 0. The number of halogens is 2. The highest BCUT2D eigenvalue weighted by molar-refractivity contribution is 6.30. The first kappa shape index (κ1) is 21.1. The maximum Gasteiger partial charge on any atom is 0.258 e. The number of hydrogen-bond donors (Lipinski definition) is 2. The molecule has 2 bridgehead atoms. The molecule has 2 aromatic carbocycles. The molecule has 3 saturated carbocycles. The van der Waals surface area contributed by atoms with Crippen LogP contribution in [0, 0.1) is 5.82 Å².